The van der Waals surface area contributed by atoms with Gasteiger partial charge in [-0.25, -0.2) is 4.79 Å². The number of carbonyl (C=O) groups is 2. The third kappa shape index (κ3) is 4.60. The van der Waals surface area contributed by atoms with Gasteiger partial charge in [-0.05, 0) is 44.4 Å². The Balaban J connectivity index is 2.08. The number of ether oxygens (including phenoxy) is 1. The molecule has 2 rings (SSSR count). The predicted molar refractivity (Wildman–Crippen MR) is 100 cm³/mol. The van der Waals surface area contributed by atoms with Crippen LogP contribution < -0.4 is 4.90 Å². The number of hydrogen-bond acceptors (Lipinski definition) is 5. The van der Waals surface area contributed by atoms with Crippen LogP contribution in [0.2, 0.25) is 0 Å². The third-order valence-electron chi connectivity index (χ3n) is 4.81. The molecule has 1 heterocycles. The maximum absolute atomic E-state index is 12.1. The van der Waals surface area contributed by atoms with Crippen LogP contribution in [-0.2, 0) is 14.3 Å². The molecule has 0 aromatic heterocycles. The van der Waals surface area contributed by atoms with Gasteiger partial charge in [-0.3, -0.25) is 9.69 Å². The van der Waals surface area contributed by atoms with Crippen molar-refractivity contribution in [3.05, 3.63) is 29.8 Å². The number of piperazine rings is 1. The maximum Gasteiger partial charge on any atom is 0.331 e. The van der Waals surface area contributed by atoms with Gasteiger partial charge in [0.2, 0.25) is 0 Å². The summed E-state index contributed by atoms with van der Waals surface area (Å²) < 4.78 is 5.09. The monoisotopic (exact) mass is 346 g/mol. The summed E-state index contributed by atoms with van der Waals surface area (Å²) in [5, 5.41) is 0. The quantitative estimate of drug-likeness (QED) is 0.586. The summed E-state index contributed by atoms with van der Waals surface area (Å²) in [7, 11) is 0. The van der Waals surface area contributed by atoms with Crippen LogP contribution >= 0.6 is 0 Å². The summed E-state index contributed by atoms with van der Waals surface area (Å²) in [5.41, 5.74) is 2.51. The van der Waals surface area contributed by atoms with Crippen LogP contribution in [0.5, 0.6) is 0 Å². The first kappa shape index (κ1) is 19.4. The van der Waals surface area contributed by atoms with Crippen molar-refractivity contribution in [3.63, 3.8) is 0 Å². The lowest BCUT2D eigenvalue weighted by Gasteiger charge is -2.43. The Hall–Kier alpha value is -1.88. The topological polar surface area (TPSA) is 49.9 Å². The molecular formula is C20H30N2O3. The summed E-state index contributed by atoms with van der Waals surface area (Å²) in [6, 6.07) is 8.11. The van der Waals surface area contributed by atoms with E-state index >= 15 is 0 Å². The van der Waals surface area contributed by atoms with E-state index in [1.807, 2.05) is 4.90 Å². The highest BCUT2D eigenvalue weighted by Gasteiger charge is 2.36. The van der Waals surface area contributed by atoms with Gasteiger partial charge in [0, 0.05) is 31.4 Å². The lowest BCUT2D eigenvalue weighted by atomic mass is 10.0. The molecule has 0 N–H and O–H groups in total. The number of anilines is 1. The minimum Gasteiger partial charge on any atom is -0.464 e. The number of nitrogens with zero attached hydrogens (tertiary/aromatic N) is 2. The number of esters is 1. The molecule has 138 valence electrons. The Morgan fingerprint density at radius 3 is 2.32 bits per heavy atom. The van der Waals surface area contributed by atoms with Crippen molar-refractivity contribution in [1.29, 1.82) is 0 Å². The minimum absolute atomic E-state index is 0.152. The molecule has 1 saturated heterocycles. The molecule has 1 aromatic rings. The fourth-order valence-corrected chi connectivity index (χ4v) is 3.45. The lowest BCUT2D eigenvalue weighted by Crippen LogP contribution is -2.58. The summed E-state index contributed by atoms with van der Waals surface area (Å²) in [4.78, 5) is 28.4. The molecule has 2 atom stereocenters. The van der Waals surface area contributed by atoms with E-state index in [0.717, 1.165) is 6.54 Å². The molecule has 0 radical (unpaired) electrons. The largest absolute Gasteiger partial charge is 0.464 e. The van der Waals surface area contributed by atoms with E-state index in [1.54, 1.807) is 6.92 Å². The van der Waals surface area contributed by atoms with E-state index in [1.165, 1.54) is 18.2 Å². The van der Waals surface area contributed by atoms with E-state index in [9.17, 15) is 9.59 Å². The lowest BCUT2D eigenvalue weighted by molar-refractivity contribution is -0.153. The normalized spacial score (nSPS) is 19.8. The van der Waals surface area contributed by atoms with Crippen LogP contribution in [0.15, 0.2) is 24.3 Å². The Morgan fingerprint density at radius 1 is 1.20 bits per heavy atom. The van der Waals surface area contributed by atoms with E-state index in [-0.39, 0.29) is 11.8 Å². The highest BCUT2D eigenvalue weighted by molar-refractivity contribution is 6.02. The number of hydrogen-bond donors (Lipinski definition) is 0. The molecule has 5 nitrogen and oxygen atoms in total. The minimum atomic E-state index is -0.784. The van der Waals surface area contributed by atoms with Crippen molar-refractivity contribution in [1.82, 2.24) is 4.90 Å². The molecule has 1 aromatic carbocycles. The van der Waals surface area contributed by atoms with Gasteiger partial charge in [0.15, 0.2) is 11.8 Å². The first-order valence-corrected chi connectivity index (χ1v) is 9.12. The fraction of sp³-hybridized carbons (Fsp3) is 0.600. The molecule has 1 aliphatic heterocycles. The molecule has 0 amide bonds. The molecule has 1 fully saturated rings. The fourth-order valence-electron chi connectivity index (χ4n) is 3.45. The Labute approximate surface area is 150 Å². The molecule has 0 aliphatic carbocycles. The van der Waals surface area contributed by atoms with Crippen molar-refractivity contribution in [2.75, 3.05) is 31.1 Å². The van der Waals surface area contributed by atoms with Crippen molar-refractivity contribution >= 4 is 17.4 Å². The van der Waals surface area contributed by atoms with Crippen LogP contribution in [-0.4, -0.2) is 55.0 Å². The molecule has 5 heteroatoms. The Morgan fingerprint density at radius 2 is 1.84 bits per heavy atom. The molecular weight excluding hydrogens is 316 g/mol. The van der Waals surface area contributed by atoms with Crippen molar-refractivity contribution in [2.24, 2.45) is 0 Å². The summed E-state index contributed by atoms with van der Waals surface area (Å²) >= 11 is 0. The summed E-state index contributed by atoms with van der Waals surface area (Å²) in [6.07, 6.45) is 0. The number of rotatable bonds is 6. The van der Waals surface area contributed by atoms with E-state index < -0.39 is 12.0 Å². The average molecular weight is 346 g/mol. The molecule has 0 saturated carbocycles. The van der Waals surface area contributed by atoms with Gasteiger partial charge < -0.3 is 9.64 Å². The zero-order valence-electron chi connectivity index (χ0n) is 16.0. The summed E-state index contributed by atoms with van der Waals surface area (Å²) in [6.45, 7) is 12.1. The van der Waals surface area contributed by atoms with Crippen LogP contribution in [0, 0.1) is 0 Å². The van der Waals surface area contributed by atoms with Gasteiger partial charge in [0.05, 0.1) is 6.61 Å². The number of ketones is 1. The number of Topliss-reactive ketones (excluding diaryl/α,β-unsaturated/α-hetero) is 1. The Bertz CT molecular complexity index is 597. The highest BCUT2D eigenvalue weighted by Crippen LogP contribution is 2.24. The van der Waals surface area contributed by atoms with Gasteiger partial charge in [0.1, 0.15) is 0 Å². The average Bonchev–Trinajstić information content (AvgIpc) is 2.55. The summed E-state index contributed by atoms with van der Waals surface area (Å²) in [5.74, 6) is -0.0680. The third-order valence-corrected chi connectivity index (χ3v) is 4.81. The van der Waals surface area contributed by atoms with Gasteiger partial charge in [-0.15, -0.1) is 0 Å². The Kier molecular flexibility index (Phi) is 6.59. The zero-order chi connectivity index (χ0) is 18.6. The maximum atomic E-state index is 12.1. The van der Waals surface area contributed by atoms with E-state index in [2.05, 4.69) is 49.9 Å². The molecule has 25 heavy (non-hydrogen) atoms. The highest BCUT2D eigenvalue weighted by atomic mass is 16.5. The first-order valence-electron chi connectivity index (χ1n) is 9.12. The van der Waals surface area contributed by atoms with Crippen molar-refractivity contribution in [3.8, 4) is 0 Å². The van der Waals surface area contributed by atoms with Crippen LogP contribution in [0.25, 0.3) is 0 Å². The van der Waals surface area contributed by atoms with Crippen molar-refractivity contribution in [2.45, 2.75) is 52.6 Å². The van der Waals surface area contributed by atoms with Gasteiger partial charge in [-0.1, -0.05) is 26.0 Å². The second kappa shape index (κ2) is 8.48. The molecule has 0 spiro atoms. The number of benzene rings is 1. The van der Waals surface area contributed by atoms with Gasteiger partial charge in [0.25, 0.3) is 0 Å². The molecule has 2 unspecified atom stereocenters. The number of carbonyl (C=O) groups excluding carboxylic acids is 2. The standard InChI is InChI=1S/C20H30N2O3/c1-6-25-20(24)19(16(5)23)21-11-12-22(15(4)13-21)18-9-7-17(8-10-18)14(2)3/h7-10,14-15,19H,6,11-13H2,1-5H3. The zero-order valence-corrected chi connectivity index (χ0v) is 16.0. The predicted octanol–water partition coefficient (Wildman–Crippen LogP) is 2.84. The van der Waals surface area contributed by atoms with Crippen molar-refractivity contribution < 1.29 is 14.3 Å². The van der Waals surface area contributed by atoms with E-state index in [0.29, 0.717) is 25.6 Å². The second-order valence-electron chi connectivity index (χ2n) is 7.05. The molecule has 0 bridgehead atoms. The van der Waals surface area contributed by atoms with Crippen LogP contribution in [0.4, 0.5) is 5.69 Å². The SMILES string of the molecule is CCOC(=O)C(C(C)=O)N1CCN(c2ccc(C(C)C)cc2)C(C)C1. The van der Waals surface area contributed by atoms with E-state index in [4.69, 9.17) is 4.74 Å². The van der Waals surface area contributed by atoms with Gasteiger partial charge in [-0.2, -0.15) is 0 Å². The van der Waals surface area contributed by atoms with Gasteiger partial charge >= 0.3 is 5.97 Å². The van der Waals surface area contributed by atoms with Crippen LogP contribution in [0.3, 0.4) is 0 Å². The van der Waals surface area contributed by atoms with Crippen LogP contribution in [0.1, 0.15) is 46.1 Å². The second-order valence-corrected chi connectivity index (χ2v) is 7.05. The first-order chi connectivity index (χ1) is 11.8. The molecule has 1 aliphatic rings. The smallest absolute Gasteiger partial charge is 0.331 e.